The van der Waals surface area contributed by atoms with E-state index in [1.54, 1.807) is 6.07 Å². The number of anilines is 1. The average Bonchev–Trinajstić information content (AvgIpc) is 2.46. The van der Waals surface area contributed by atoms with Crippen LogP contribution in [0.4, 0.5) is 10.1 Å². The van der Waals surface area contributed by atoms with E-state index < -0.39 is 0 Å². The summed E-state index contributed by atoms with van der Waals surface area (Å²) in [7, 11) is 1.87. The average molecular weight is 312 g/mol. The van der Waals surface area contributed by atoms with Gasteiger partial charge in [-0.25, -0.2) is 4.39 Å². The number of halogens is 3. The molecule has 0 aliphatic heterocycles. The Hall–Kier alpha value is -1.25. The Morgan fingerprint density at radius 3 is 2.40 bits per heavy atom. The second kappa shape index (κ2) is 6.47. The van der Waals surface area contributed by atoms with Crippen LogP contribution in [0.1, 0.15) is 24.1 Å². The molecular weight excluding hydrogens is 296 g/mol. The summed E-state index contributed by atoms with van der Waals surface area (Å²) in [5, 5.41) is 0.691. The zero-order valence-electron chi connectivity index (χ0n) is 11.4. The van der Waals surface area contributed by atoms with Gasteiger partial charge < -0.3 is 4.90 Å². The largest absolute Gasteiger partial charge is 0.365 e. The molecule has 0 saturated carbocycles. The van der Waals surface area contributed by atoms with Gasteiger partial charge in [0.1, 0.15) is 5.82 Å². The highest BCUT2D eigenvalue weighted by Crippen LogP contribution is 2.31. The van der Waals surface area contributed by atoms with Gasteiger partial charge in [-0.05, 0) is 36.2 Å². The van der Waals surface area contributed by atoms with Gasteiger partial charge in [-0.3, -0.25) is 0 Å². The van der Waals surface area contributed by atoms with Crippen molar-refractivity contribution in [1.82, 2.24) is 0 Å². The third kappa shape index (κ3) is 3.08. The lowest BCUT2D eigenvalue weighted by atomic mass is 10.1. The summed E-state index contributed by atoms with van der Waals surface area (Å²) in [5.41, 5.74) is 2.40. The van der Waals surface area contributed by atoms with Gasteiger partial charge >= 0.3 is 0 Å². The van der Waals surface area contributed by atoms with E-state index in [1.807, 2.05) is 49.2 Å². The van der Waals surface area contributed by atoms with Crippen molar-refractivity contribution in [2.75, 3.05) is 11.9 Å². The van der Waals surface area contributed by atoms with E-state index in [1.165, 1.54) is 6.07 Å². The monoisotopic (exact) mass is 311 g/mol. The standard InChI is InChI=1S/C16H16Cl2FN/c1-11(12-6-8-14(18)9-7-12)20(2)16-13(10-17)4-3-5-15(16)19/h3-9,11H,10H2,1-2H3. The minimum atomic E-state index is -0.258. The van der Waals surface area contributed by atoms with E-state index in [4.69, 9.17) is 23.2 Å². The second-order valence-electron chi connectivity index (χ2n) is 4.72. The summed E-state index contributed by atoms with van der Waals surface area (Å²) >= 11 is 11.8. The van der Waals surface area contributed by atoms with Crippen LogP contribution in [0.2, 0.25) is 5.02 Å². The van der Waals surface area contributed by atoms with Crippen LogP contribution in [0.15, 0.2) is 42.5 Å². The molecule has 0 spiro atoms. The number of hydrogen-bond acceptors (Lipinski definition) is 1. The number of hydrogen-bond donors (Lipinski definition) is 0. The van der Waals surface area contributed by atoms with Gasteiger partial charge in [0.05, 0.1) is 11.7 Å². The molecule has 0 amide bonds. The minimum Gasteiger partial charge on any atom is -0.365 e. The van der Waals surface area contributed by atoms with Gasteiger partial charge in [0.15, 0.2) is 0 Å². The molecule has 2 aromatic rings. The third-order valence-corrected chi connectivity index (χ3v) is 4.04. The van der Waals surface area contributed by atoms with Crippen molar-refractivity contribution in [3.63, 3.8) is 0 Å². The van der Waals surface area contributed by atoms with Gasteiger partial charge in [0.2, 0.25) is 0 Å². The first-order chi connectivity index (χ1) is 9.54. The van der Waals surface area contributed by atoms with Crippen molar-refractivity contribution in [2.45, 2.75) is 18.8 Å². The van der Waals surface area contributed by atoms with Crippen LogP contribution in [-0.4, -0.2) is 7.05 Å². The molecule has 0 aromatic heterocycles. The molecule has 2 aromatic carbocycles. The van der Waals surface area contributed by atoms with Crippen molar-refractivity contribution >= 4 is 28.9 Å². The van der Waals surface area contributed by atoms with E-state index in [0.29, 0.717) is 10.7 Å². The van der Waals surface area contributed by atoms with Crippen LogP contribution in [0.25, 0.3) is 0 Å². The van der Waals surface area contributed by atoms with E-state index in [-0.39, 0.29) is 17.7 Å². The Morgan fingerprint density at radius 1 is 1.15 bits per heavy atom. The molecule has 106 valence electrons. The molecule has 0 aliphatic rings. The molecule has 0 saturated heterocycles. The van der Waals surface area contributed by atoms with E-state index in [0.717, 1.165) is 11.1 Å². The molecule has 0 fully saturated rings. The molecule has 1 atom stereocenters. The number of alkyl halides is 1. The first kappa shape index (κ1) is 15.1. The van der Waals surface area contributed by atoms with Crippen molar-refractivity contribution in [3.05, 3.63) is 64.4 Å². The number of rotatable bonds is 4. The van der Waals surface area contributed by atoms with E-state index in [2.05, 4.69) is 0 Å². The predicted molar refractivity (Wildman–Crippen MR) is 84.2 cm³/mol. The number of benzene rings is 2. The normalized spacial score (nSPS) is 12.2. The number of nitrogens with zero attached hydrogens (tertiary/aromatic N) is 1. The molecule has 20 heavy (non-hydrogen) atoms. The SMILES string of the molecule is CC(c1ccc(Cl)cc1)N(C)c1c(F)cccc1CCl. The maximum Gasteiger partial charge on any atom is 0.146 e. The summed E-state index contributed by atoms with van der Waals surface area (Å²) in [6, 6.07) is 12.6. The Labute approximate surface area is 128 Å². The van der Waals surface area contributed by atoms with Gasteiger partial charge in [-0.1, -0.05) is 35.9 Å². The molecule has 0 bridgehead atoms. The van der Waals surface area contributed by atoms with Gasteiger partial charge in [0, 0.05) is 18.0 Å². The van der Waals surface area contributed by atoms with Crippen LogP contribution < -0.4 is 4.90 Å². The first-order valence-electron chi connectivity index (χ1n) is 6.36. The molecule has 0 radical (unpaired) electrons. The van der Waals surface area contributed by atoms with Gasteiger partial charge in [-0.15, -0.1) is 11.6 Å². The summed E-state index contributed by atoms with van der Waals surface area (Å²) < 4.78 is 14.1. The van der Waals surface area contributed by atoms with Crippen molar-refractivity contribution in [3.8, 4) is 0 Å². The van der Waals surface area contributed by atoms with Crippen LogP contribution in [0.3, 0.4) is 0 Å². The molecule has 1 unspecified atom stereocenters. The summed E-state index contributed by atoms with van der Waals surface area (Å²) in [5.74, 6) is 0.0246. The lowest BCUT2D eigenvalue weighted by Gasteiger charge is -2.29. The Morgan fingerprint density at radius 2 is 1.80 bits per heavy atom. The highest BCUT2D eigenvalue weighted by molar-refractivity contribution is 6.30. The fraction of sp³-hybridized carbons (Fsp3) is 0.250. The van der Waals surface area contributed by atoms with E-state index in [9.17, 15) is 4.39 Å². The van der Waals surface area contributed by atoms with Crippen molar-refractivity contribution in [2.24, 2.45) is 0 Å². The molecule has 2 rings (SSSR count). The van der Waals surface area contributed by atoms with Crippen LogP contribution >= 0.6 is 23.2 Å². The minimum absolute atomic E-state index is 0.0196. The fourth-order valence-corrected chi connectivity index (χ4v) is 2.56. The maximum atomic E-state index is 14.1. The zero-order valence-corrected chi connectivity index (χ0v) is 12.9. The lowest BCUT2D eigenvalue weighted by molar-refractivity contribution is 0.609. The third-order valence-electron chi connectivity index (χ3n) is 3.50. The predicted octanol–water partition coefficient (Wildman–Crippen LogP) is 5.42. The Balaban J connectivity index is 2.35. The van der Waals surface area contributed by atoms with Gasteiger partial charge in [-0.2, -0.15) is 0 Å². The zero-order chi connectivity index (χ0) is 14.7. The quantitative estimate of drug-likeness (QED) is 0.682. The molecule has 0 N–H and O–H groups in total. The van der Waals surface area contributed by atoms with Gasteiger partial charge in [0.25, 0.3) is 0 Å². The topological polar surface area (TPSA) is 3.24 Å². The second-order valence-corrected chi connectivity index (χ2v) is 5.42. The molecule has 0 aliphatic carbocycles. The smallest absolute Gasteiger partial charge is 0.146 e. The molecule has 1 nitrogen and oxygen atoms in total. The van der Waals surface area contributed by atoms with Crippen LogP contribution in [0.5, 0.6) is 0 Å². The highest BCUT2D eigenvalue weighted by Gasteiger charge is 2.18. The van der Waals surface area contributed by atoms with Crippen molar-refractivity contribution in [1.29, 1.82) is 0 Å². The highest BCUT2D eigenvalue weighted by atomic mass is 35.5. The van der Waals surface area contributed by atoms with Crippen LogP contribution in [0, 0.1) is 5.82 Å². The first-order valence-corrected chi connectivity index (χ1v) is 7.27. The summed E-state index contributed by atoms with van der Waals surface area (Å²) in [6.07, 6.45) is 0. The van der Waals surface area contributed by atoms with Crippen LogP contribution in [-0.2, 0) is 5.88 Å². The molecule has 0 heterocycles. The summed E-state index contributed by atoms with van der Waals surface area (Å²) in [4.78, 5) is 1.90. The maximum absolute atomic E-state index is 14.1. The Kier molecular flexibility index (Phi) is 4.90. The summed E-state index contributed by atoms with van der Waals surface area (Å²) in [6.45, 7) is 2.02. The Bertz CT molecular complexity index is 584. The lowest BCUT2D eigenvalue weighted by Crippen LogP contribution is -2.23. The number of para-hydroxylation sites is 1. The van der Waals surface area contributed by atoms with Crippen molar-refractivity contribution < 1.29 is 4.39 Å². The fourth-order valence-electron chi connectivity index (χ4n) is 2.22. The van der Waals surface area contributed by atoms with E-state index >= 15 is 0 Å². The molecular formula is C16H16Cl2FN. The molecule has 4 heteroatoms.